The summed E-state index contributed by atoms with van der Waals surface area (Å²) in [6, 6.07) is 2.46. The monoisotopic (exact) mass is 314 g/mol. The number of rotatable bonds is 3. The Labute approximate surface area is 137 Å². The number of aromatic nitrogens is 3. The van der Waals surface area contributed by atoms with Crippen molar-refractivity contribution in [2.24, 2.45) is 5.41 Å². The van der Waals surface area contributed by atoms with Gasteiger partial charge >= 0.3 is 0 Å². The Hall–Kier alpha value is -1.91. The van der Waals surface area contributed by atoms with Crippen LogP contribution < -0.4 is 5.32 Å². The Kier molecular flexibility index (Phi) is 3.90. The summed E-state index contributed by atoms with van der Waals surface area (Å²) in [5.74, 6) is 0.665. The maximum absolute atomic E-state index is 12.3. The van der Waals surface area contributed by atoms with E-state index in [2.05, 4.69) is 41.7 Å². The van der Waals surface area contributed by atoms with Gasteiger partial charge in [0.2, 0.25) is 11.9 Å². The Morgan fingerprint density at radius 3 is 2.57 bits per heavy atom. The molecule has 1 fully saturated rings. The van der Waals surface area contributed by atoms with Crippen LogP contribution in [-0.4, -0.2) is 20.4 Å². The number of carbonyl (C=O) groups excluding carboxylic acids is 1. The zero-order valence-electron chi connectivity index (χ0n) is 14.7. The molecular formula is C18H26N4O. The minimum absolute atomic E-state index is 0.0156. The summed E-state index contributed by atoms with van der Waals surface area (Å²) in [5, 5.41) is 3.02. The second-order valence-corrected chi connectivity index (χ2v) is 7.91. The minimum Gasteiger partial charge on any atom is -0.296 e. The third kappa shape index (κ3) is 3.23. The molecule has 0 saturated heterocycles. The number of nitrogens with zero attached hydrogens (tertiary/aromatic N) is 3. The van der Waals surface area contributed by atoms with E-state index in [1.54, 1.807) is 0 Å². The van der Waals surface area contributed by atoms with Crippen LogP contribution >= 0.6 is 0 Å². The van der Waals surface area contributed by atoms with Crippen molar-refractivity contribution in [2.75, 3.05) is 5.32 Å². The second-order valence-electron chi connectivity index (χ2n) is 7.91. The largest absolute Gasteiger partial charge is 0.296 e. The Balaban J connectivity index is 2.00. The van der Waals surface area contributed by atoms with E-state index < -0.39 is 0 Å². The van der Waals surface area contributed by atoms with Gasteiger partial charge in [0.15, 0.2) is 5.65 Å². The molecule has 1 amide bonds. The summed E-state index contributed by atoms with van der Waals surface area (Å²) in [4.78, 5) is 21.7. The van der Waals surface area contributed by atoms with Crippen LogP contribution in [0.5, 0.6) is 0 Å². The minimum atomic E-state index is -0.0389. The van der Waals surface area contributed by atoms with Crippen LogP contribution in [0.25, 0.3) is 11.2 Å². The fourth-order valence-electron chi connectivity index (χ4n) is 2.94. The number of imidazole rings is 1. The average Bonchev–Trinajstić information content (AvgIpc) is 2.64. The Morgan fingerprint density at radius 1 is 1.30 bits per heavy atom. The van der Waals surface area contributed by atoms with E-state index in [1.165, 1.54) is 6.42 Å². The van der Waals surface area contributed by atoms with Crippen LogP contribution in [0.1, 0.15) is 63.8 Å². The molecule has 0 aliphatic heterocycles. The normalized spacial score (nSPS) is 15.7. The molecule has 5 nitrogen and oxygen atoms in total. The van der Waals surface area contributed by atoms with Crippen molar-refractivity contribution in [1.29, 1.82) is 0 Å². The van der Waals surface area contributed by atoms with Gasteiger partial charge in [0.1, 0.15) is 5.52 Å². The predicted octanol–water partition coefficient (Wildman–Crippen LogP) is 4.15. The number of fused-ring (bicyclic) bond motifs is 1. The first-order chi connectivity index (χ1) is 10.7. The molecule has 2 aromatic rings. The highest BCUT2D eigenvalue weighted by Crippen LogP contribution is 2.37. The van der Waals surface area contributed by atoms with E-state index >= 15 is 0 Å². The van der Waals surface area contributed by atoms with Gasteiger partial charge in [0, 0.05) is 18.2 Å². The van der Waals surface area contributed by atoms with Crippen LogP contribution in [0, 0.1) is 19.3 Å². The summed E-state index contributed by atoms with van der Waals surface area (Å²) < 4.78 is 2.13. The number of hydrogen-bond donors (Lipinski definition) is 1. The van der Waals surface area contributed by atoms with Gasteiger partial charge in [-0.2, -0.15) is 0 Å². The molecule has 1 saturated carbocycles. The van der Waals surface area contributed by atoms with E-state index in [0.717, 1.165) is 35.3 Å². The number of aryl methyl sites for hydroxylation is 2. The molecule has 1 N–H and O–H groups in total. The lowest BCUT2D eigenvalue weighted by Crippen LogP contribution is -2.24. The van der Waals surface area contributed by atoms with Crippen molar-refractivity contribution < 1.29 is 4.79 Å². The van der Waals surface area contributed by atoms with Gasteiger partial charge in [0.05, 0.1) is 0 Å². The first kappa shape index (κ1) is 16.0. The average molecular weight is 314 g/mol. The molecule has 0 aromatic carbocycles. The van der Waals surface area contributed by atoms with Crippen LogP contribution in [0.4, 0.5) is 5.95 Å². The maximum Gasteiger partial charge on any atom is 0.227 e. The lowest BCUT2D eigenvalue weighted by Gasteiger charge is -2.28. The van der Waals surface area contributed by atoms with E-state index in [-0.39, 0.29) is 11.3 Å². The zero-order valence-corrected chi connectivity index (χ0v) is 14.7. The second kappa shape index (κ2) is 5.62. The van der Waals surface area contributed by atoms with Gasteiger partial charge in [-0.1, -0.05) is 20.8 Å². The lowest BCUT2D eigenvalue weighted by atomic mass is 9.92. The third-order valence-electron chi connectivity index (χ3n) is 4.49. The third-order valence-corrected chi connectivity index (χ3v) is 4.49. The van der Waals surface area contributed by atoms with E-state index in [1.807, 2.05) is 13.8 Å². The van der Waals surface area contributed by atoms with Crippen molar-refractivity contribution in [3.8, 4) is 0 Å². The van der Waals surface area contributed by atoms with Gasteiger partial charge in [-0.15, -0.1) is 0 Å². The summed E-state index contributed by atoms with van der Waals surface area (Å²) >= 11 is 0. The van der Waals surface area contributed by atoms with Gasteiger partial charge in [-0.05, 0) is 50.2 Å². The highest BCUT2D eigenvalue weighted by atomic mass is 16.1. The van der Waals surface area contributed by atoms with Gasteiger partial charge < -0.3 is 0 Å². The number of anilines is 1. The first-order valence-electron chi connectivity index (χ1n) is 8.40. The molecule has 0 atom stereocenters. The highest BCUT2D eigenvalue weighted by molar-refractivity contribution is 5.91. The smallest absolute Gasteiger partial charge is 0.227 e. The van der Waals surface area contributed by atoms with Gasteiger partial charge in [-0.25, -0.2) is 9.97 Å². The van der Waals surface area contributed by atoms with Crippen LogP contribution in [-0.2, 0) is 4.79 Å². The Morgan fingerprint density at radius 2 is 2.00 bits per heavy atom. The molecule has 2 heterocycles. The van der Waals surface area contributed by atoms with Crippen LogP contribution in [0.15, 0.2) is 6.07 Å². The zero-order chi connectivity index (χ0) is 16.8. The maximum atomic E-state index is 12.3. The van der Waals surface area contributed by atoms with Crippen LogP contribution in [0.3, 0.4) is 0 Å². The molecule has 124 valence electrons. The summed E-state index contributed by atoms with van der Waals surface area (Å²) in [5.41, 5.74) is 3.87. The SMILES string of the molecule is Cc1cc2nc(NC(=O)CC(C)(C)C)n(C3CCC3)c2nc1C. The summed E-state index contributed by atoms with van der Waals surface area (Å²) in [7, 11) is 0. The highest BCUT2D eigenvalue weighted by Gasteiger charge is 2.27. The number of amides is 1. The van der Waals surface area contributed by atoms with E-state index in [4.69, 9.17) is 4.98 Å². The molecule has 5 heteroatoms. The predicted molar refractivity (Wildman–Crippen MR) is 92.6 cm³/mol. The number of carbonyl (C=O) groups is 1. The molecule has 0 radical (unpaired) electrons. The number of hydrogen-bond acceptors (Lipinski definition) is 3. The summed E-state index contributed by atoms with van der Waals surface area (Å²) in [6.45, 7) is 10.3. The lowest BCUT2D eigenvalue weighted by molar-refractivity contribution is -0.117. The summed E-state index contributed by atoms with van der Waals surface area (Å²) in [6.07, 6.45) is 3.96. The molecule has 23 heavy (non-hydrogen) atoms. The molecule has 1 aliphatic carbocycles. The number of pyridine rings is 1. The van der Waals surface area contributed by atoms with Crippen molar-refractivity contribution in [2.45, 2.75) is 66.3 Å². The first-order valence-corrected chi connectivity index (χ1v) is 8.40. The fourth-order valence-corrected chi connectivity index (χ4v) is 2.94. The molecule has 0 spiro atoms. The van der Waals surface area contributed by atoms with Gasteiger partial charge in [0.25, 0.3) is 0 Å². The molecular weight excluding hydrogens is 288 g/mol. The van der Waals surface area contributed by atoms with Gasteiger partial charge in [-0.3, -0.25) is 14.7 Å². The number of nitrogens with one attached hydrogen (secondary N) is 1. The van der Waals surface area contributed by atoms with E-state index in [9.17, 15) is 4.79 Å². The van der Waals surface area contributed by atoms with E-state index in [0.29, 0.717) is 18.4 Å². The van der Waals surface area contributed by atoms with Crippen molar-refractivity contribution in [1.82, 2.24) is 14.5 Å². The van der Waals surface area contributed by atoms with Crippen molar-refractivity contribution >= 4 is 23.0 Å². The quantitative estimate of drug-likeness (QED) is 0.926. The van der Waals surface area contributed by atoms with Crippen molar-refractivity contribution in [3.63, 3.8) is 0 Å². The molecule has 0 bridgehead atoms. The topological polar surface area (TPSA) is 59.8 Å². The molecule has 1 aliphatic rings. The molecule has 2 aromatic heterocycles. The van der Waals surface area contributed by atoms with Crippen LogP contribution in [0.2, 0.25) is 0 Å². The standard InChI is InChI=1S/C18H26N4O/c1-11-9-14-16(19-12(11)2)22(13-7-6-8-13)17(20-14)21-15(23)10-18(3,4)5/h9,13H,6-8,10H2,1-5H3,(H,20,21,23). The molecule has 3 rings (SSSR count). The Bertz CT molecular complexity index is 750. The molecule has 0 unspecified atom stereocenters. The van der Waals surface area contributed by atoms with Crippen molar-refractivity contribution in [3.05, 3.63) is 17.3 Å². The fraction of sp³-hybridized carbons (Fsp3) is 0.611.